The van der Waals surface area contributed by atoms with E-state index in [1.54, 1.807) is 0 Å². The van der Waals surface area contributed by atoms with Crippen molar-refractivity contribution in [2.75, 3.05) is 26.2 Å². The highest BCUT2D eigenvalue weighted by Gasteiger charge is 2.33. The van der Waals surface area contributed by atoms with Gasteiger partial charge >= 0.3 is 0 Å². The summed E-state index contributed by atoms with van der Waals surface area (Å²) in [6.07, 6.45) is 4.78. The summed E-state index contributed by atoms with van der Waals surface area (Å²) in [5.41, 5.74) is -0.662. The summed E-state index contributed by atoms with van der Waals surface area (Å²) < 4.78 is 0. The molecule has 0 aromatic rings. The number of nitrogens with one attached hydrogen (secondary N) is 1. The summed E-state index contributed by atoms with van der Waals surface area (Å²) in [5.74, 6) is 0.935. The number of rotatable bonds is 3. The lowest BCUT2D eigenvalue weighted by Crippen LogP contribution is -2.34. The number of amides is 1. The fourth-order valence-corrected chi connectivity index (χ4v) is 2.81. The van der Waals surface area contributed by atoms with Crippen molar-refractivity contribution in [2.45, 2.75) is 44.6 Å². The molecular weight excluding hydrogens is 216 g/mol. The van der Waals surface area contributed by atoms with Crippen molar-refractivity contribution in [1.82, 2.24) is 10.2 Å². The number of hydrogen-bond donors (Lipinski definition) is 2. The van der Waals surface area contributed by atoms with Gasteiger partial charge in [0.05, 0.1) is 5.60 Å². The first-order valence-corrected chi connectivity index (χ1v) is 6.78. The number of hydrogen-bond acceptors (Lipinski definition) is 3. The molecule has 0 aliphatic carbocycles. The monoisotopic (exact) mass is 240 g/mol. The molecule has 2 rings (SSSR count). The first-order valence-electron chi connectivity index (χ1n) is 6.78. The Morgan fingerprint density at radius 2 is 2.18 bits per heavy atom. The molecule has 4 nitrogen and oxygen atoms in total. The SMILES string of the molecule is CC1(O)CCN(C(=O)CCC2CCNCC2)C1. The Morgan fingerprint density at radius 1 is 1.47 bits per heavy atom. The molecule has 2 aliphatic rings. The summed E-state index contributed by atoms with van der Waals surface area (Å²) in [4.78, 5) is 13.8. The van der Waals surface area contributed by atoms with Gasteiger partial charge in [-0.15, -0.1) is 0 Å². The van der Waals surface area contributed by atoms with Crippen LogP contribution in [0.2, 0.25) is 0 Å². The smallest absolute Gasteiger partial charge is 0.222 e. The first kappa shape index (κ1) is 12.8. The zero-order valence-corrected chi connectivity index (χ0v) is 10.7. The topological polar surface area (TPSA) is 52.6 Å². The van der Waals surface area contributed by atoms with Crippen LogP contribution in [0.5, 0.6) is 0 Å². The minimum Gasteiger partial charge on any atom is -0.388 e. The summed E-state index contributed by atoms with van der Waals surface area (Å²) in [5, 5.41) is 13.2. The number of carbonyl (C=O) groups is 1. The van der Waals surface area contributed by atoms with Crippen LogP contribution in [0.25, 0.3) is 0 Å². The van der Waals surface area contributed by atoms with Gasteiger partial charge in [0.2, 0.25) is 5.91 Å². The van der Waals surface area contributed by atoms with Crippen molar-refractivity contribution in [1.29, 1.82) is 0 Å². The highest BCUT2D eigenvalue weighted by atomic mass is 16.3. The molecule has 2 N–H and O–H groups in total. The molecule has 2 heterocycles. The Labute approximate surface area is 103 Å². The number of piperidine rings is 1. The number of carbonyl (C=O) groups excluding carboxylic acids is 1. The Balaban J connectivity index is 1.70. The molecule has 0 saturated carbocycles. The van der Waals surface area contributed by atoms with Gasteiger partial charge in [-0.2, -0.15) is 0 Å². The molecule has 0 radical (unpaired) electrons. The predicted molar refractivity (Wildman–Crippen MR) is 66.6 cm³/mol. The van der Waals surface area contributed by atoms with Crippen molar-refractivity contribution < 1.29 is 9.90 Å². The molecule has 0 aromatic carbocycles. The second-order valence-electron chi connectivity index (χ2n) is 5.79. The van der Waals surface area contributed by atoms with Crippen LogP contribution in [0.1, 0.15) is 39.0 Å². The fourth-order valence-electron chi connectivity index (χ4n) is 2.81. The number of aliphatic hydroxyl groups is 1. The summed E-state index contributed by atoms with van der Waals surface area (Å²) in [7, 11) is 0. The highest BCUT2D eigenvalue weighted by molar-refractivity contribution is 5.76. The summed E-state index contributed by atoms with van der Waals surface area (Å²) >= 11 is 0. The van der Waals surface area contributed by atoms with E-state index in [9.17, 15) is 9.90 Å². The third kappa shape index (κ3) is 3.68. The van der Waals surface area contributed by atoms with Gasteiger partial charge < -0.3 is 15.3 Å². The molecule has 4 heteroatoms. The van der Waals surface area contributed by atoms with Crippen molar-refractivity contribution in [3.63, 3.8) is 0 Å². The zero-order chi connectivity index (χ0) is 12.3. The van der Waals surface area contributed by atoms with E-state index in [1.165, 1.54) is 12.8 Å². The van der Waals surface area contributed by atoms with Gasteiger partial charge in [0.15, 0.2) is 0 Å². The Morgan fingerprint density at radius 3 is 2.76 bits per heavy atom. The average Bonchev–Trinajstić information content (AvgIpc) is 2.68. The molecule has 98 valence electrons. The van der Waals surface area contributed by atoms with E-state index in [0.29, 0.717) is 25.3 Å². The lowest BCUT2D eigenvalue weighted by atomic mass is 9.93. The lowest BCUT2D eigenvalue weighted by molar-refractivity contribution is -0.131. The van der Waals surface area contributed by atoms with E-state index >= 15 is 0 Å². The maximum Gasteiger partial charge on any atom is 0.222 e. The minimum atomic E-state index is -0.662. The van der Waals surface area contributed by atoms with Crippen molar-refractivity contribution in [3.05, 3.63) is 0 Å². The van der Waals surface area contributed by atoms with E-state index in [0.717, 1.165) is 26.1 Å². The molecular formula is C13H24N2O2. The highest BCUT2D eigenvalue weighted by Crippen LogP contribution is 2.23. The van der Waals surface area contributed by atoms with Crippen LogP contribution in [0.3, 0.4) is 0 Å². The molecule has 2 fully saturated rings. The van der Waals surface area contributed by atoms with Gasteiger partial charge in [0, 0.05) is 19.5 Å². The summed E-state index contributed by atoms with van der Waals surface area (Å²) in [6.45, 7) is 5.23. The Bertz CT molecular complexity index is 273. The van der Waals surface area contributed by atoms with Gasteiger partial charge in [0.1, 0.15) is 0 Å². The van der Waals surface area contributed by atoms with Crippen LogP contribution < -0.4 is 5.32 Å². The van der Waals surface area contributed by atoms with E-state index in [-0.39, 0.29) is 5.91 Å². The third-order valence-electron chi connectivity index (χ3n) is 4.03. The minimum absolute atomic E-state index is 0.223. The van der Waals surface area contributed by atoms with E-state index in [1.807, 2.05) is 11.8 Å². The van der Waals surface area contributed by atoms with Crippen molar-refractivity contribution >= 4 is 5.91 Å². The van der Waals surface area contributed by atoms with Crippen LogP contribution in [0, 0.1) is 5.92 Å². The van der Waals surface area contributed by atoms with Gasteiger partial charge in [-0.25, -0.2) is 0 Å². The predicted octanol–water partition coefficient (Wildman–Crippen LogP) is 0.749. The van der Waals surface area contributed by atoms with Crippen LogP contribution in [-0.2, 0) is 4.79 Å². The van der Waals surface area contributed by atoms with E-state index in [4.69, 9.17) is 0 Å². The van der Waals surface area contributed by atoms with Gasteiger partial charge in [-0.3, -0.25) is 4.79 Å². The number of likely N-dealkylation sites (tertiary alicyclic amines) is 1. The van der Waals surface area contributed by atoms with Crippen LogP contribution >= 0.6 is 0 Å². The summed E-state index contributed by atoms with van der Waals surface area (Å²) in [6, 6.07) is 0. The van der Waals surface area contributed by atoms with E-state index < -0.39 is 5.60 Å². The molecule has 0 bridgehead atoms. The fraction of sp³-hybridized carbons (Fsp3) is 0.923. The quantitative estimate of drug-likeness (QED) is 0.765. The van der Waals surface area contributed by atoms with Crippen LogP contribution in [-0.4, -0.2) is 47.7 Å². The lowest BCUT2D eigenvalue weighted by Gasteiger charge is -2.24. The number of β-amino-alcohol motifs (C(OH)–C–C–N with tert-alkyl or cyclic N) is 1. The Kier molecular flexibility index (Phi) is 4.05. The van der Waals surface area contributed by atoms with Crippen LogP contribution in [0.4, 0.5) is 0 Å². The molecule has 0 spiro atoms. The van der Waals surface area contributed by atoms with Gasteiger partial charge in [-0.05, 0) is 51.6 Å². The molecule has 1 atom stereocenters. The largest absolute Gasteiger partial charge is 0.388 e. The zero-order valence-electron chi connectivity index (χ0n) is 10.7. The maximum atomic E-state index is 12.0. The molecule has 2 aliphatic heterocycles. The molecule has 1 unspecified atom stereocenters. The number of nitrogens with zero attached hydrogens (tertiary/aromatic N) is 1. The second-order valence-corrected chi connectivity index (χ2v) is 5.79. The van der Waals surface area contributed by atoms with Gasteiger partial charge in [0.25, 0.3) is 0 Å². The van der Waals surface area contributed by atoms with Crippen molar-refractivity contribution in [3.8, 4) is 0 Å². The maximum absolute atomic E-state index is 12.0. The van der Waals surface area contributed by atoms with Crippen LogP contribution in [0.15, 0.2) is 0 Å². The Hall–Kier alpha value is -0.610. The molecule has 17 heavy (non-hydrogen) atoms. The van der Waals surface area contributed by atoms with Crippen molar-refractivity contribution in [2.24, 2.45) is 5.92 Å². The van der Waals surface area contributed by atoms with E-state index in [2.05, 4.69) is 5.32 Å². The molecule has 2 saturated heterocycles. The third-order valence-corrected chi connectivity index (χ3v) is 4.03. The van der Waals surface area contributed by atoms with Gasteiger partial charge in [-0.1, -0.05) is 0 Å². The average molecular weight is 240 g/mol. The second kappa shape index (κ2) is 5.36. The normalized spacial score (nSPS) is 30.8. The molecule has 1 amide bonds. The standard InChI is InChI=1S/C13H24N2O2/c1-13(17)6-9-15(10-13)12(16)3-2-11-4-7-14-8-5-11/h11,14,17H,2-10H2,1H3. The molecule has 0 aromatic heterocycles. The first-order chi connectivity index (χ1) is 8.07.